The van der Waals surface area contributed by atoms with E-state index in [0.29, 0.717) is 29.5 Å². The van der Waals surface area contributed by atoms with E-state index in [9.17, 15) is 14.7 Å². The van der Waals surface area contributed by atoms with E-state index in [-0.39, 0.29) is 10.3 Å². The first-order valence-corrected chi connectivity index (χ1v) is 12.5. The van der Waals surface area contributed by atoms with Gasteiger partial charge in [0.25, 0.3) is 5.56 Å². The van der Waals surface area contributed by atoms with Gasteiger partial charge in [-0.1, -0.05) is 26.0 Å². The van der Waals surface area contributed by atoms with E-state index in [1.54, 1.807) is 36.4 Å². The van der Waals surface area contributed by atoms with Crippen molar-refractivity contribution in [1.29, 1.82) is 0 Å². The number of carbonyl (C=O) groups excluding carboxylic acids is 1. The topological polar surface area (TPSA) is 104 Å². The van der Waals surface area contributed by atoms with Gasteiger partial charge in [0, 0.05) is 11.9 Å². The van der Waals surface area contributed by atoms with Gasteiger partial charge < -0.3 is 19.3 Å². The smallest absolute Gasteiger partial charge is 0.338 e. The minimum Gasteiger partial charge on any atom is -0.859 e. The molecule has 2 N–H and O–H groups in total. The average molecular weight is 509 g/mol. The van der Waals surface area contributed by atoms with Crippen LogP contribution in [0.1, 0.15) is 55.1 Å². The number of hydrogen-bond acceptors (Lipinski definition) is 6. The van der Waals surface area contributed by atoms with E-state index >= 15 is 0 Å². The normalized spacial score (nSPS) is 11.5. The first-order valence-electron chi connectivity index (χ1n) is 12.1. The molecular weight excluding hydrogens is 476 g/mol. The SMILES string of the molecule is CC[NH+](CC)CCOC(=O)c1ccc(N=Cc2c([O-])n(-c3ccc(C(C)C)cc3)c(=S)[nH]c2=O)cc1. The van der Waals surface area contributed by atoms with Gasteiger partial charge in [0.2, 0.25) is 0 Å². The number of quaternary nitrogens is 1. The fraction of sp³-hybridized carbons (Fsp3) is 0.333. The molecular formula is C27H32N4O4S. The van der Waals surface area contributed by atoms with Crippen molar-refractivity contribution in [2.45, 2.75) is 33.6 Å². The van der Waals surface area contributed by atoms with Crippen LogP contribution >= 0.6 is 12.2 Å². The molecule has 2 aromatic carbocycles. The van der Waals surface area contributed by atoms with Gasteiger partial charge in [-0.25, -0.2) is 4.79 Å². The number of benzene rings is 2. The van der Waals surface area contributed by atoms with Gasteiger partial charge in [-0.15, -0.1) is 0 Å². The number of carbonyl (C=O) groups is 1. The Morgan fingerprint density at radius 1 is 1.14 bits per heavy atom. The second kappa shape index (κ2) is 12.4. The number of nitrogens with zero attached hydrogens (tertiary/aromatic N) is 2. The molecule has 8 nitrogen and oxygen atoms in total. The van der Waals surface area contributed by atoms with Crippen LogP contribution in [0, 0.1) is 4.77 Å². The van der Waals surface area contributed by atoms with Gasteiger partial charge in [0.05, 0.1) is 29.9 Å². The molecule has 0 saturated heterocycles. The number of aliphatic imine (C=N–C) groups is 1. The van der Waals surface area contributed by atoms with Crippen LogP contribution in [0.2, 0.25) is 0 Å². The van der Waals surface area contributed by atoms with E-state index in [0.717, 1.165) is 25.2 Å². The molecule has 0 unspecified atom stereocenters. The lowest BCUT2D eigenvalue weighted by molar-refractivity contribution is -0.896. The van der Waals surface area contributed by atoms with Crippen molar-refractivity contribution in [3.63, 3.8) is 0 Å². The van der Waals surface area contributed by atoms with Gasteiger partial charge in [-0.3, -0.25) is 14.8 Å². The number of H-pyrrole nitrogens is 1. The monoisotopic (exact) mass is 508 g/mol. The lowest BCUT2D eigenvalue weighted by Crippen LogP contribution is -3.11. The molecule has 9 heteroatoms. The number of rotatable bonds is 10. The first-order chi connectivity index (χ1) is 17.2. The Balaban J connectivity index is 1.77. The highest BCUT2D eigenvalue weighted by molar-refractivity contribution is 7.71. The summed E-state index contributed by atoms with van der Waals surface area (Å²) in [6.07, 6.45) is 1.22. The molecule has 0 fully saturated rings. The molecule has 0 aliphatic heterocycles. The van der Waals surface area contributed by atoms with E-state index in [2.05, 4.69) is 37.7 Å². The average Bonchev–Trinajstić information content (AvgIpc) is 2.87. The minimum atomic E-state index is -0.612. The van der Waals surface area contributed by atoms with E-state index in [4.69, 9.17) is 17.0 Å². The summed E-state index contributed by atoms with van der Waals surface area (Å²) in [6, 6.07) is 13.9. The first kappa shape index (κ1) is 27.0. The number of likely N-dealkylation sites (N-methyl/N-ethyl adjacent to an activating group) is 1. The van der Waals surface area contributed by atoms with E-state index < -0.39 is 17.4 Å². The van der Waals surface area contributed by atoms with E-state index in [1.165, 1.54) is 15.7 Å². The fourth-order valence-corrected chi connectivity index (χ4v) is 3.97. The van der Waals surface area contributed by atoms with Gasteiger partial charge in [-0.05, 0) is 79.8 Å². The number of aromatic nitrogens is 2. The maximum absolute atomic E-state index is 13.1. The van der Waals surface area contributed by atoms with Gasteiger partial charge >= 0.3 is 5.97 Å². The van der Waals surface area contributed by atoms with Crippen LogP contribution in [0.3, 0.4) is 0 Å². The van der Waals surface area contributed by atoms with Crippen LogP contribution in [-0.2, 0) is 4.74 Å². The van der Waals surface area contributed by atoms with Crippen LogP contribution in [-0.4, -0.2) is 48.0 Å². The molecule has 0 radical (unpaired) electrons. The molecule has 0 amide bonds. The van der Waals surface area contributed by atoms with Crippen LogP contribution in [0.4, 0.5) is 5.69 Å². The molecule has 0 aliphatic rings. The summed E-state index contributed by atoms with van der Waals surface area (Å²) >= 11 is 5.25. The van der Waals surface area contributed by atoms with Crippen molar-refractivity contribution in [3.05, 3.63) is 80.3 Å². The van der Waals surface area contributed by atoms with Crippen LogP contribution in [0.5, 0.6) is 5.88 Å². The zero-order valence-electron chi connectivity index (χ0n) is 21.0. The maximum Gasteiger partial charge on any atom is 0.338 e. The number of aromatic amines is 1. The Labute approximate surface area is 215 Å². The number of nitrogens with one attached hydrogen (secondary N) is 2. The Morgan fingerprint density at radius 3 is 2.36 bits per heavy atom. The quantitative estimate of drug-likeness (QED) is 0.249. The summed E-state index contributed by atoms with van der Waals surface area (Å²) in [5, 5.41) is 13.1. The third-order valence-electron chi connectivity index (χ3n) is 6.05. The lowest BCUT2D eigenvalue weighted by atomic mass is 10.0. The molecule has 0 bridgehead atoms. The summed E-state index contributed by atoms with van der Waals surface area (Å²) in [5.41, 5.74) is 1.82. The predicted octanol–water partition coefficient (Wildman–Crippen LogP) is 2.92. The number of hydrogen-bond donors (Lipinski definition) is 2. The van der Waals surface area contributed by atoms with Gasteiger partial charge in [-0.2, -0.15) is 0 Å². The van der Waals surface area contributed by atoms with Crippen molar-refractivity contribution < 1.29 is 19.5 Å². The molecule has 0 atom stereocenters. The summed E-state index contributed by atoms with van der Waals surface area (Å²) in [7, 11) is 0. The lowest BCUT2D eigenvalue weighted by Gasteiger charge is -2.19. The number of esters is 1. The molecule has 1 aromatic heterocycles. The van der Waals surface area contributed by atoms with Gasteiger partial charge in [0.15, 0.2) is 4.77 Å². The highest BCUT2D eigenvalue weighted by Crippen LogP contribution is 2.21. The molecule has 0 spiro atoms. The largest absolute Gasteiger partial charge is 0.859 e. The van der Waals surface area contributed by atoms with E-state index in [1.807, 2.05) is 12.1 Å². The van der Waals surface area contributed by atoms with Crippen molar-refractivity contribution >= 4 is 30.1 Å². The molecule has 0 saturated carbocycles. The second-order valence-corrected chi connectivity index (χ2v) is 9.09. The molecule has 190 valence electrons. The fourth-order valence-electron chi connectivity index (χ4n) is 3.68. The van der Waals surface area contributed by atoms with Crippen LogP contribution in [0.15, 0.2) is 58.3 Å². The summed E-state index contributed by atoms with van der Waals surface area (Å²) < 4.78 is 6.65. The zero-order chi connectivity index (χ0) is 26.2. The third kappa shape index (κ3) is 6.56. The summed E-state index contributed by atoms with van der Waals surface area (Å²) in [4.78, 5) is 32.9. The van der Waals surface area contributed by atoms with Crippen molar-refractivity contribution in [2.24, 2.45) is 4.99 Å². The second-order valence-electron chi connectivity index (χ2n) is 8.71. The Morgan fingerprint density at radius 2 is 1.78 bits per heavy atom. The molecule has 36 heavy (non-hydrogen) atoms. The molecule has 3 aromatic rings. The predicted molar refractivity (Wildman–Crippen MR) is 142 cm³/mol. The molecule has 3 rings (SSSR count). The standard InChI is InChI=1S/C27H32N4O4S/c1-5-30(6-2)15-16-35-26(34)20-7-11-21(12-8-20)28-17-23-24(32)29-27(36)31(25(23)33)22-13-9-19(10-14-22)18(3)4/h7-14,17-18,33H,5-6,15-16H2,1-4H3,(H,29,32,36). The number of ether oxygens (including phenoxy) is 1. The zero-order valence-corrected chi connectivity index (χ0v) is 21.9. The Bertz CT molecular complexity index is 1320. The minimum absolute atomic E-state index is 0.0184. The molecule has 0 aliphatic carbocycles. The Kier molecular flexibility index (Phi) is 9.32. The molecule has 1 heterocycles. The third-order valence-corrected chi connectivity index (χ3v) is 6.34. The van der Waals surface area contributed by atoms with Gasteiger partial charge in [0.1, 0.15) is 13.2 Å². The van der Waals surface area contributed by atoms with Crippen molar-refractivity contribution in [1.82, 2.24) is 9.55 Å². The maximum atomic E-state index is 13.1. The van der Waals surface area contributed by atoms with Crippen molar-refractivity contribution in [2.75, 3.05) is 26.2 Å². The van der Waals surface area contributed by atoms with Crippen LogP contribution in [0.25, 0.3) is 5.69 Å². The highest BCUT2D eigenvalue weighted by Gasteiger charge is 2.10. The summed E-state index contributed by atoms with van der Waals surface area (Å²) in [5.74, 6) is -0.611. The Hall–Kier alpha value is -3.56. The summed E-state index contributed by atoms with van der Waals surface area (Å²) in [6.45, 7) is 11.4. The highest BCUT2D eigenvalue weighted by atomic mass is 32.1. The van der Waals surface area contributed by atoms with Crippen LogP contribution < -0.4 is 15.6 Å². The van der Waals surface area contributed by atoms with Crippen molar-refractivity contribution in [3.8, 4) is 11.6 Å².